The van der Waals surface area contributed by atoms with Crippen molar-refractivity contribution in [3.63, 3.8) is 0 Å². The Morgan fingerprint density at radius 2 is 1.68 bits per heavy atom. The molecule has 1 heterocycles. The van der Waals surface area contributed by atoms with Gasteiger partial charge in [-0.1, -0.05) is 38.1 Å². The minimum Gasteiger partial charge on any atom is -0.384 e. The van der Waals surface area contributed by atoms with E-state index in [0.29, 0.717) is 17.3 Å². The topological polar surface area (TPSA) is 59.1 Å². The number of aromatic nitrogens is 1. The average Bonchev–Trinajstić information content (AvgIpc) is 2.41. The smallest absolute Gasteiger partial charge is 0.129 e. The van der Waals surface area contributed by atoms with Gasteiger partial charge in [-0.3, -0.25) is 0 Å². The first kappa shape index (κ1) is 13.6. The summed E-state index contributed by atoms with van der Waals surface area (Å²) in [5.41, 5.74) is 9.58. The van der Waals surface area contributed by atoms with Gasteiger partial charge in [0.05, 0.1) is 0 Å². The molecular weight excluding hydrogens is 236 g/mol. The van der Waals surface area contributed by atoms with Crippen LogP contribution in [0.15, 0.2) is 36.5 Å². The fraction of sp³-hybridized carbons (Fsp3) is 0.312. The number of aliphatic hydroxyl groups excluding tert-OH is 1. The number of anilines is 1. The second kappa shape index (κ2) is 5.41. The van der Waals surface area contributed by atoms with Crippen LogP contribution in [0.4, 0.5) is 5.82 Å². The maximum atomic E-state index is 10.4. The molecule has 3 N–H and O–H groups in total. The zero-order valence-corrected chi connectivity index (χ0v) is 11.6. The number of nitrogens with two attached hydrogens (primary N) is 1. The Morgan fingerprint density at radius 3 is 2.26 bits per heavy atom. The number of nitrogens with zero attached hydrogens (tertiary/aromatic N) is 1. The fourth-order valence-electron chi connectivity index (χ4n) is 2.06. The molecule has 0 radical (unpaired) electrons. The van der Waals surface area contributed by atoms with Gasteiger partial charge in [-0.2, -0.15) is 0 Å². The van der Waals surface area contributed by atoms with Crippen molar-refractivity contribution < 1.29 is 5.11 Å². The van der Waals surface area contributed by atoms with Crippen molar-refractivity contribution in [3.8, 4) is 0 Å². The fourth-order valence-corrected chi connectivity index (χ4v) is 2.06. The molecule has 1 aromatic heterocycles. The van der Waals surface area contributed by atoms with E-state index in [2.05, 4.69) is 18.8 Å². The van der Waals surface area contributed by atoms with E-state index in [1.165, 1.54) is 5.56 Å². The van der Waals surface area contributed by atoms with E-state index in [4.69, 9.17) is 5.73 Å². The molecule has 0 saturated carbocycles. The number of hydrogen-bond donors (Lipinski definition) is 2. The second-order valence-electron chi connectivity index (χ2n) is 5.21. The van der Waals surface area contributed by atoms with Crippen LogP contribution in [0.3, 0.4) is 0 Å². The summed E-state index contributed by atoms with van der Waals surface area (Å²) in [5, 5.41) is 10.4. The summed E-state index contributed by atoms with van der Waals surface area (Å²) in [7, 11) is 0. The van der Waals surface area contributed by atoms with Crippen LogP contribution < -0.4 is 5.73 Å². The van der Waals surface area contributed by atoms with E-state index < -0.39 is 6.10 Å². The Bertz CT molecular complexity index is 561. The van der Waals surface area contributed by atoms with Crippen LogP contribution in [0.2, 0.25) is 0 Å². The summed E-state index contributed by atoms with van der Waals surface area (Å²) in [5.74, 6) is 0.864. The second-order valence-corrected chi connectivity index (χ2v) is 5.21. The lowest BCUT2D eigenvalue weighted by molar-refractivity contribution is 0.220. The maximum absolute atomic E-state index is 10.4. The van der Waals surface area contributed by atoms with Crippen LogP contribution in [-0.2, 0) is 0 Å². The standard InChI is InChI=1S/C16H20N2O/c1-10(2)12-4-6-13(7-5-12)15(19)14-8-11(3)9-18-16(14)17/h4-10,15,19H,1-3H3,(H2,17,18). The van der Waals surface area contributed by atoms with Gasteiger partial charge in [0.1, 0.15) is 11.9 Å². The highest BCUT2D eigenvalue weighted by molar-refractivity contribution is 5.46. The van der Waals surface area contributed by atoms with Crippen LogP contribution in [0.5, 0.6) is 0 Å². The molecule has 3 nitrogen and oxygen atoms in total. The van der Waals surface area contributed by atoms with E-state index >= 15 is 0 Å². The predicted molar refractivity (Wildman–Crippen MR) is 78.0 cm³/mol. The van der Waals surface area contributed by atoms with E-state index in [1.54, 1.807) is 6.20 Å². The molecule has 0 amide bonds. The highest BCUT2D eigenvalue weighted by Crippen LogP contribution is 2.27. The Kier molecular flexibility index (Phi) is 3.86. The van der Waals surface area contributed by atoms with Gasteiger partial charge in [0.15, 0.2) is 0 Å². The third-order valence-corrected chi connectivity index (χ3v) is 3.30. The normalized spacial score (nSPS) is 12.7. The van der Waals surface area contributed by atoms with Crippen molar-refractivity contribution in [2.24, 2.45) is 0 Å². The minimum atomic E-state index is -0.728. The van der Waals surface area contributed by atoms with E-state index in [-0.39, 0.29) is 0 Å². The van der Waals surface area contributed by atoms with Gasteiger partial charge in [0.2, 0.25) is 0 Å². The molecule has 0 aliphatic rings. The van der Waals surface area contributed by atoms with Gasteiger partial charge < -0.3 is 10.8 Å². The number of hydrogen-bond acceptors (Lipinski definition) is 3. The third-order valence-electron chi connectivity index (χ3n) is 3.30. The van der Waals surface area contributed by atoms with Gasteiger partial charge in [0.25, 0.3) is 0 Å². The lowest BCUT2D eigenvalue weighted by Gasteiger charge is -2.15. The molecule has 2 rings (SSSR count). The van der Waals surface area contributed by atoms with Gasteiger partial charge in [0, 0.05) is 11.8 Å². The summed E-state index contributed by atoms with van der Waals surface area (Å²) >= 11 is 0. The van der Waals surface area contributed by atoms with Crippen LogP contribution >= 0.6 is 0 Å². The molecule has 0 aliphatic carbocycles. The summed E-state index contributed by atoms with van der Waals surface area (Å²) in [6.07, 6.45) is 0.974. The number of nitrogen functional groups attached to an aromatic ring is 1. The highest BCUT2D eigenvalue weighted by atomic mass is 16.3. The quantitative estimate of drug-likeness (QED) is 0.886. The van der Waals surface area contributed by atoms with Gasteiger partial charge in [-0.05, 0) is 35.6 Å². The molecule has 3 heteroatoms. The Morgan fingerprint density at radius 1 is 1.11 bits per heavy atom. The SMILES string of the molecule is Cc1cnc(N)c(C(O)c2ccc(C(C)C)cc2)c1. The molecule has 100 valence electrons. The van der Waals surface area contributed by atoms with Crippen molar-refractivity contribution in [3.05, 3.63) is 58.8 Å². The molecule has 0 fully saturated rings. The average molecular weight is 256 g/mol. The zero-order chi connectivity index (χ0) is 14.0. The van der Waals surface area contributed by atoms with Crippen LogP contribution in [0, 0.1) is 6.92 Å². The number of pyridine rings is 1. The first-order valence-electron chi connectivity index (χ1n) is 6.49. The van der Waals surface area contributed by atoms with Gasteiger partial charge in [-0.25, -0.2) is 4.98 Å². The summed E-state index contributed by atoms with van der Waals surface area (Å²) < 4.78 is 0. The van der Waals surface area contributed by atoms with E-state index in [9.17, 15) is 5.11 Å². The molecule has 1 aromatic carbocycles. The van der Waals surface area contributed by atoms with Gasteiger partial charge >= 0.3 is 0 Å². The lowest BCUT2D eigenvalue weighted by atomic mass is 9.97. The molecular formula is C16H20N2O. The molecule has 2 aromatic rings. The van der Waals surface area contributed by atoms with Crippen molar-refractivity contribution in [2.75, 3.05) is 5.73 Å². The summed E-state index contributed by atoms with van der Waals surface area (Å²) in [6.45, 7) is 6.23. The van der Waals surface area contributed by atoms with E-state index in [0.717, 1.165) is 11.1 Å². The number of aryl methyl sites for hydroxylation is 1. The van der Waals surface area contributed by atoms with Crippen LogP contribution in [-0.4, -0.2) is 10.1 Å². The zero-order valence-electron chi connectivity index (χ0n) is 11.6. The summed E-state index contributed by atoms with van der Waals surface area (Å²) in [4.78, 5) is 4.09. The molecule has 1 atom stereocenters. The third kappa shape index (κ3) is 2.93. The Hall–Kier alpha value is -1.87. The van der Waals surface area contributed by atoms with Crippen molar-refractivity contribution in [1.29, 1.82) is 0 Å². The van der Waals surface area contributed by atoms with Gasteiger partial charge in [-0.15, -0.1) is 0 Å². The largest absolute Gasteiger partial charge is 0.384 e. The first-order valence-corrected chi connectivity index (χ1v) is 6.49. The molecule has 0 aliphatic heterocycles. The van der Waals surface area contributed by atoms with Crippen LogP contribution in [0.1, 0.15) is 48.1 Å². The van der Waals surface area contributed by atoms with E-state index in [1.807, 2.05) is 37.3 Å². The minimum absolute atomic E-state index is 0.381. The number of aliphatic hydroxyl groups is 1. The lowest BCUT2D eigenvalue weighted by Crippen LogP contribution is -2.06. The number of benzene rings is 1. The molecule has 19 heavy (non-hydrogen) atoms. The maximum Gasteiger partial charge on any atom is 0.129 e. The molecule has 1 unspecified atom stereocenters. The predicted octanol–water partition coefficient (Wildman–Crippen LogP) is 3.18. The molecule has 0 bridgehead atoms. The van der Waals surface area contributed by atoms with Crippen molar-refractivity contribution in [2.45, 2.75) is 32.8 Å². The summed E-state index contributed by atoms with van der Waals surface area (Å²) in [6, 6.07) is 9.86. The van der Waals surface area contributed by atoms with Crippen LogP contribution in [0.25, 0.3) is 0 Å². The van der Waals surface area contributed by atoms with Crippen molar-refractivity contribution in [1.82, 2.24) is 4.98 Å². The Labute approximate surface area is 114 Å². The molecule has 0 saturated heterocycles. The molecule has 0 spiro atoms. The highest BCUT2D eigenvalue weighted by Gasteiger charge is 2.14. The number of rotatable bonds is 3. The van der Waals surface area contributed by atoms with Crippen molar-refractivity contribution >= 4 is 5.82 Å². The Balaban J connectivity index is 2.33. The monoisotopic (exact) mass is 256 g/mol. The first-order chi connectivity index (χ1) is 8.99.